The van der Waals surface area contributed by atoms with Crippen LogP contribution < -0.4 is 19.9 Å². The van der Waals surface area contributed by atoms with Crippen molar-refractivity contribution in [3.63, 3.8) is 0 Å². The second-order valence-electron chi connectivity index (χ2n) is 9.33. The number of rotatable bonds is 8. The van der Waals surface area contributed by atoms with Gasteiger partial charge in [0.25, 0.3) is 0 Å². The molecule has 1 unspecified atom stereocenters. The highest BCUT2D eigenvalue weighted by Crippen LogP contribution is 2.46. The van der Waals surface area contributed by atoms with Crippen molar-refractivity contribution in [2.45, 2.75) is 51.8 Å². The second kappa shape index (κ2) is 10.8. The third kappa shape index (κ3) is 5.28. The molecule has 36 heavy (non-hydrogen) atoms. The Morgan fingerprint density at radius 3 is 2.58 bits per heavy atom. The maximum absolute atomic E-state index is 12.4. The summed E-state index contributed by atoms with van der Waals surface area (Å²) in [5.41, 5.74) is 1.51. The summed E-state index contributed by atoms with van der Waals surface area (Å²) < 4.78 is 19.6. The third-order valence-electron chi connectivity index (χ3n) is 6.47. The van der Waals surface area contributed by atoms with Crippen LogP contribution >= 0.6 is 15.9 Å². The van der Waals surface area contributed by atoms with E-state index in [9.17, 15) is 9.59 Å². The van der Waals surface area contributed by atoms with E-state index in [0.29, 0.717) is 18.1 Å². The van der Waals surface area contributed by atoms with E-state index < -0.39 is 5.97 Å². The topological polar surface area (TPSA) is 70.0 Å². The van der Waals surface area contributed by atoms with Crippen LogP contribution in [0.4, 0.5) is 0 Å². The minimum Gasteiger partial charge on any atom is -0.493 e. The Balaban J connectivity index is 1.72. The number of ether oxygens (including phenoxy) is 3. The lowest BCUT2D eigenvalue weighted by atomic mass is 10.0. The molecule has 0 saturated carbocycles. The average molecular weight is 555 g/mol. The fraction of sp³-hybridized carbons (Fsp3) is 0.357. The quantitative estimate of drug-likeness (QED) is 0.336. The van der Waals surface area contributed by atoms with Gasteiger partial charge in [-0.05, 0) is 56.9 Å². The standard InChI is InChI=1S/C28H31BrN2O5/c1-5-35-27(33)21-17-30(14-12-24(21)32)31-23(11-13-28(31,2)3)20-15-26(25(34-4)16-22(20)29)36-18-19-9-7-6-8-10-19/h6-10,12,14-17,23H,5,11,13,18H2,1-4H3. The summed E-state index contributed by atoms with van der Waals surface area (Å²) in [6, 6.07) is 15.3. The number of benzene rings is 2. The van der Waals surface area contributed by atoms with Crippen molar-refractivity contribution in [2.24, 2.45) is 0 Å². The Morgan fingerprint density at radius 1 is 1.14 bits per heavy atom. The van der Waals surface area contributed by atoms with E-state index in [-0.39, 0.29) is 29.2 Å². The van der Waals surface area contributed by atoms with Gasteiger partial charge in [0.2, 0.25) is 0 Å². The molecule has 3 aromatic rings. The predicted molar refractivity (Wildman–Crippen MR) is 142 cm³/mol. The smallest absolute Gasteiger partial charge is 0.343 e. The van der Waals surface area contributed by atoms with Gasteiger partial charge >= 0.3 is 5.97 Å². The highest BCUT2D eigenvalue weighted by atomic mass is 79.9. The number of hydrogen-bond donors (Lipinski definition) is 0. The molecule has 2 heterocycles. The first kappa shape index (κ1) is 25.8. The predicted octanol–water partition coefficient (Wildman–Crippen LogP) is 5.63. The molecule has 4 rings (SSSR count). The van der Waals surface area contributed by atoms with Crippen molar-refractivity contribution in [3.05, 3.63) is 92.3 Å². The van der Waals surface area contributed by atoms with Crippen LogP contribution in [0.3, 0.4) is 0 Å². The SMILES string of the molecule is CCOC(=O)c1cn(N2C(c3cc(OCc4ccccc4)c(OC)cc3Br)CCC2(C)C)ccc1=O. The van der Waals surface area contributed by atoms with Crippen LogP contribution in [0.5, 0.6) is 11.5 Å². The van der Waals surface area contributed by atoms with Crippen LogP contribution in [0.25, 0.3) is 0 Å². The Kier molecular flexibility index (Phi) is 7.73. The number of pyridine rings is 1. The summed E-state index contributed by atoms with van der Waals surface area (Å²) >= 11 is 3.74. The summed E-state index contributed by atoms with van der Waals surface area (Å²) in [7, 11) is 1.62. The van der Waals surface area contributed by atoms with E-state index >= 15 is 0 Å². The number of esters is 1. The molecule has 1 saturated heterocycles. The van der Waals surface area contributed by atoms with Gasteiger partial charge in [0.1, 0.15) is 12.2 Å². The Labute approximate surface area is 219 Å². The first-order chi connectivity index (χ1) is 17.2. The number of carbonyl (C=O) groups is 1. The van der Waals surface area contributed by atoms with Crippen molar-refractivity contribution < 1.29 is 19.0 Å². The lowest BCUT2D eigenvalue weighted by Gasteiger charge is -2.40. The molecule has 7 nitrogen and oxygen atoms in total. The van der Waals surface area contributed by atoms with Crippen molar-refractivity contribution >= 4 is 21.9 Å². The summed E-state index contributed by atoms with van der Waals surface area (Å²) in [4.78, 5) is 24.8. The van der Waals surface area contributed by atoms with Crippen LogP contribution in [0.1, 0.15) is 61.1 Å². The zero-order valence-electron chi connectivity index (χ0n) is 21.0. The highest BCUT2D eigenvalue weighted by molar-refractivity contribution is 9.10. The van der Waals surface area contributed by atoms with Gasteiger partial charge in [0, 0.05) is 22.9 Å². The summed E-state index contributed by atoms with van der Waals surface area (Å²) in [6.45, 7) is 6.65. The number of methoxy groups -OCH3 is 1. The van der Waals surface area contributed by atoms with Gasteiger partial charge in [0.15, 0.2) is 16.9 Å². The molecule has 0 spiro atoms. The molecule has 1 aliphatic rings. The summed E-state index contributed by atoms with van der Waals surface area (Å²) in [6.07, 6.45) is 5.06. The van der Waals surface area contributed by atoms with Crippen LogP contribution in [0, 0.1) is 0 Å². The van der Waals surface area contributed by atoms with Gasteiger partial charge in [-0.25, -0.2) is 4.79 Å². The van der Waals surface area contributed by atoms with Gasteiger partial charge in [0.05, 0.1) is 25.3 Å². The first-order valence-electron chi connectivity index (χ1n) is 12.0. The molecule has 8 heteroatoms. The van der Waals surface area contributed by atoms with Crippen LogP contribution in [-0.4, -0.2) is 29.9 Å². The monoisotopic (exact) mass is 554 g/mol. The maximum atomic E-state index is 12.4. The number of halogens is 1. The van der Waals surface area contributed by atoms with Crippen molar-refractivity contribution in [3.8, 4) is 11.5 Å². The Morgan fingerprint density at radius 2 is 1.89 bits per heavy atom. The van der Waals surface area contributed by atoms with E-state index in [2.05, 4.69) is 34.8 Å². The normalized spacial score (nSPS) is 16.6. The van der Waals surface area contributed by atoms with Crippen molar-refractivity contribution in [1.82, 2.24) is 4.68 Å². The average Bonchev–Trinajstić information content (AvgIpc) is 3.18. The van der Waals surface area contributed by atoms with Crippen molar-refractivity contribution in [2.75, 3.05) is 18.7 Å². The van der Waals surface area contributed by atoms with E-state index in [1.165, 1.54) is 6.07 Å². The van der Waals surface area contributed by atoms with Gasteiger partial charge in [-0.15, -0.1) is 0 Å². The minimum absolute atomic E-state index is 0.0153. The molecule has 1 aromatic heterocycles. The van der Waals surface area contributed by atoms with E-state index in [4.69, 9.17) is 14.2 Å². The van der Waals surface area contributed by atoms with E-state index in [1.807, 2.05) is 47.1 Å². The molecule has 0 radical (unpaired) electrons. The molecule has 1 aliphatic heterocycles. The third-order valence-corrected chi connectivity index (χ3v) is 7.16. The molecule has 0 aliphatic carbocycles. The molecule has 0 amide bonds. The van der Waals surface area contributed by atoms with Gasteiger partial charge in [-0.2, -0.15) is 0 Å². The van der Waals surface area contributed by atoms with E-state index in [1.54, 1.807) is 26.4 Å². The number of carbonyl (C=O) groups excluding carboxylic acids is 1. The van der Waals surface area contributed by atoms with Crippen molar-refractivity contribution in [1.29, 1.82) is 0 Å². The Bertz CT molecular complexity index is 1290. The zero-order valence-corrected chi connectivity index (χ0v) is 22.6. The molecule has 0 N–H and O–H groups in total. The minimum atomic E-state index is -0.618. The fourth-order valence-corrected chi connectivity index (χ4v) is 5.28. The van der Waals surface area contributed by atoms with Gasteiger partial charge < -0.3 is 19.2 Å². The summed E-state index contributed by atoms with van der Waals surface area (Å²) in [5.74, 6) is 0.669. The fourth-order valence-electron chi connectivity index (χ4n) is 4.69. The number of nitrogens with zero attached hydrogens (tertiary/aromatic N) is 2. The molecular formula is C28H31BrN2O5. The van der Waals surface area contributed by atoms with Gasteiger partial charge in [-0.1, -0.05) is 46.3 Å². The molecule has 190 valence electrons. The second-order valence-corrected chi connectivity index (χ2v) is 10.2. The first-order valence-corrected chi connectivity index (χ1v) is 12.8. The summed E-state index contributed by atoms with van der Waals surface area (Å²) in [5, 5.41) is 2.20. The largest absolute Gasteiger partial charge is 0.493 e. The van der Waals surface area contributed by atoms with Crippen LogP contribution in [0.2, 0.25) is 0 Å². The van der Waals surface area contributed by atoms with E-state index in [0.717, 1.165) is 28.4 Å². The van der Waals surface area contributed by atoms with Gasteiger partial charge in [-0.3, -0.25) is 9.47 Å². The maximum Gasteiger partial charge on any atom is 0.343 e. The molecule has 1 atom stereocenters. The van der Waals surface area contributed by atoms with Crippen LogP contribution in [0.15, 0.2) is 70.2 Å². The highest BCUT2D eigenvalue weighted by Gasteiger charge is 2.41. The van der Waals surface area contributed by atoms with Crippen LogP contribution in [-0.2, 0) is 11.3 Å². The molecule has 2 aromatic carbocycles. The molecule has 0 bridgehead atoms. The molecule has 1 fully saturated rings. The lowest BCUT2D eigenvalue weighted by Crippen LogP contribution is -2.48. The lowest BCUT2D eigenvalue weighted by molar-refractivity contribution is 0.0523. The number of aromatic nitrogens is 1. The zero-order chi connectivity index (χ0) is 25.9. The Hall–Kier alpha value is -3.26. The number of hydrogen-bond acceptors (Lipinski definition) is 6. The molecular weight excluding hydrogens is 524 g/mol.